The predicted molar refractivity (Wildman–Crippen MR) is 74.7 cm³/mol. The van der Waals surface area contributed by atoms with E-state index >= 15 is 0 Å². The number of nitrogens with zero attached hydrogens (tertiary/aromatic N) is 3. The fraction of sp³-hybridized carbons (Fsp3) is 0.786. The van der Waals surface area contributed by atoms with E-state index in [0.29, 0.717) is 6.04 Å². The van der Waals surface area contributed by atoms with Crippen molar-refractivity contribution in [2.75, 3.05) is 26.7 Å². The number of rotatable bonds is 5. The minimum absolute atomic E-state index is 0.0320. The number of aromatic nitrogens is 2. The van der Waals surface area contributed by atoms with Gasteiger partial charge < -0.3 is 14.8 Å². The third kappa shape index (κ3) is 2.75. The standard InChI is InChI=1S/C14H26N4/c1-12(10-17-7-5-6-8-17)18-11-16-9-13(18)14(2,3)15-4/h9,11-12,15H,5-8,10H2,1-4H3. The first-order valence-corrected chi connectivity index (χ1v) is 6.98. The van der Waals surface area contributed by atoms with Gasteiger partial charge in [-0.25, -0.2) is 4.98 Å². The van der Waals surface area contributed by atoms with Crippen LogP contribution in [0, 0.1) is 0 Å². The first kappa shape index (κ1) is 13.6. The van der Waals surface area contributed by atoms with E-state index < -0.39 is 0 Å². The summed E-state index contributed by atoms with van der Waals surface area (Å²) in [6.45, 7) is 10.3. The maximum Gasteiger partial charge on any atom is 0.0951 e. The highest BCUT2D eigenvalue weighted by atomic mass is 15.2. The van der Waals surface area contributed by atoms with Crippen molar-refractivity contribution in [2.45, 2.75) is 45.2 Å². The molecule has 0 saturated carbocycles. The minimum Gasteiger partial charge on any atom is -0.329 e. The molecule has 0 amide bonds. The van der Waals surface area contributed by atoms with Crippen molar-refractivity contribution in [2.24, 2.45) is 0 Å². The third-order valence-electron chi connectivity index (χ3n) is 4.13. The van der Waals surface area contributed by atoms with Gasteiger partial charge in [0.25, 0.3) is 0 Å². The number of hydrogen-bond donors (Lipinski definition) is 1. The molecule has 1 atom stereocenters. The lowest BCUT2D eigenvalue weighted by molar-refractivity contribution is 0.276. The summed E-state index contributed by atoms with van der Waals surface area (Å²) in [5.41, 5.74) is 1.23. The summed E-state index contributed by atoms with van der Waals surface area (Å²) in [5.74, 6) is 0. The van der Waals surface area contributed by atoms with Gasteiger partial charge in [-0.05, 0) is 53.8 Å². The lowest BCUT2D eigenvalue weighted by atomic mass is 10.0. The van der Waals surface area contributed by atoms with Gasteiger partial charge in [0.05, 0.1) is 23.8 Å². The normalized spacial score (nSPS) is 19.3. The van der Waals surface area contributed by atoms with Crippen molar-refractivity contribution >= 4 is 0 Å². The van der Waals surface area contributed by atoms with Crippen LogP contribution in [-0.2, 0) is 5.54 Å². The summed E-state index contributed by atoms with van der Waals surface area (Å²) in [6.07, 6.45) is 6.66. The highest BCUT2D eigenvalue weighted by Crippen LogP contribution is 2.23. The zero-order valence-electron chi connectivity index (χ0n) is 12.1. The van der Waals surface area contributed by atoms with E-state index in [1.54, 1.807) is 0 Å². The van der Waals surface area contributed by atoms with Gasteiger partial charge in [-0.3, -0.25) is 0 Å². The van der Waals surface area contributed by atoms with Crippen LogP contribution in [0.5, 0.6) is 0 Å². The molecule has 0 aliphatic carbocycles. The van der Waals surface area contributed by atoms with E-state index in [1.165, 1.54) is 31.6 Å². The highest BCUT2D eigenvalue weighted by Gasteiger charge is 2.25. The molecule has 0 bridgehead atoms. The van der Waals surface area contributed by atoms with Gasteiger partial charge in [-0.1, -0.05) is 0 Å². The zero-order chi connectivity index (χ0) is 13.2. The van der Waals surface area contributed by atoms with Gasteiger partial charge in [0.1, 0.15) is 0 Å². The molecule has 2 heterocycles. The zero-order valence-corrected chi connectivity index (χ0v) is 12.1. The van der Waals surface area contributed by atoms with Crippen molar-refractivity contribution in [1.29, 1.82) is 0 Å². The second-order valence-corrected chi connectivity index (χ2v) is 5.92. The third-order valence-corrected chi connectivity index (χ3v) is 4.13. The van der Waals surface area contributed by atoms with E-state index in [-0.39, 0.29) is 5.54 Å². The van der Waals surface area contributed by atoms with Crippen LogP contribution in [0.4, 0.5) is 0 Å². The van der Waals surface area contributed by atoms with Crippen molar-refractivity contribution in [3.05, 3.63) is 18.2 Å². The summed E-state index contributed by atoms with van der Waals surface area (Å²) in [5, 5.41) is 3.36. The van der Waals surface area contributed by atoms with Gasteiger partial charge in [0, 0.05) is 12.6 Å². The monoisotopic (exact) mass is 250 g/mol. The Morgan fingerprint density at radius 2 is 2.06 bits per heavy atom. The molecule has 0 aromatic carbocycles. The van der Waals surface area contributed by atoms with E-state index in [9.17, 15) is 0 Å². The molecule has 1 aliphatic rings. The first-order chi connectivity index (χ1) is 8.54. The molecule has 1 fully saturated rings. The Morgan fingerprint density at radius 3 is 2.67 bits per heavy atom. The Bertz CT molecular complexity index is 377. The average molecular weight is 250 g/mol. The second-order valence-electron chi connectivity index (χ2n) is 5.92. The average Bonchev–Trinajstić information content (AvgIpc) is 2.99. The summed E-state index contributed by atoms with van der Waals surface area (Å²) >= 11 is 0. The molecule has 1 N–H and O–H groups in total. The van der Waals surface area contributed by atoms with Crippen LogP contribution in [-0.4, -0.2) is 41.1 Å². The number of likely N-dealkylation sites (tertiary alicyclic amines) is 1. The molecule has 4 heteroatoms. The maximum absolute atomic E-state index is 4.34. The Balaban J connectivity index is 2.10. The van der Waals surface area contributed by atoms with Gasteiger partial charge >= 0.3 is 0 Å². The maximum atomic E-state index is 4.34. The summed E-state index contributed by atoms with van der Waals surface area (Å²) in [6, 6.07) is 0.480. The molecule has 18 heavy (non-hydrogen) atoms. The van der Waals surface area contributed by atoms with Crippen molar-refractivity contribution in [1.82, 2.24) is 19.8 Å². The van der Waals surface area contributed by atoms with Crippen LogP contribution in [0.25, 0.3) is 0 Å². The molecule has 0 spiro atoms. The Morgan fingerprint density at radius 1 is 1.39 bits per heavy atom. The number of hydrogen-bond acceptors (Lipinski definition) is 3. The molecule has 4 nitrogen and oxygen atoms in total. The van der Waals surface area contributed by atoms with Crippen LogP contribution >= 0.6 is 0 Å². The van der Waals surface area contributed by atoms with Crippen molar-refractivity contribution in [3.8, 4) is 0 Å². The van der Waals surface area contributed by atoms with E-state index in [2.05, 4.69) is 40.5 Å². The lowest BCUT2D eigenvalue weighted by Gasteiger charge is -2.29. The van der Waals surface area contributed by atoms with Crippen LogP contribution in [0.3, 0.4) is 0 Å². The lowest BCUT2D eigenvalue weighted by Crippen LogP contribution is -2.37. The van der Waals surface area contributed by atoms with Crippen LogP contribution in [0.1, 0.15) is 45.3 Å². The predicted octanol–water partition coefficient (Wildman–Crippen LogP) is 1.99. The molecular formula is C14H26N4. The smallest absolute Gasteiger partial charge is 0.0951 e. The van der Waals surface area contributed by atoms with Gasteiger partial charge in [-0.2, -0.15) is 0 Å². The fourth-order valence-electron chi connectivity index (χ4n) is 2.69. The van der Waals surface area contributed by atoms with E-state index in [4.69, 9.17) is 0 Å². The molecule has 1 saturated heterocycles. The molecule has 1 aromatic rings. The van der Waals surface area contributed by atoms with Gasteiger partial charge in [-0.15, -0.1) is 0 Å². The first-order valence-electron chi connectivity index (χ1n) is 6.98. The summed E-state index contributed by atoms with van der Waals surface area (Å²) in [7, 11) is 2.00. The van der Waals surface area contributed by atoms with Crippen LogP contribution in [0.2, 0.25) is 0 Å². The molecule has 0 radical (unpaired) electrons. The topological polar surface area (TPSA) is 33.1 Å². The second kappa shape index (κ2) is 5.41. The van der Waals surface area contributed by atoms with Gasteiger partial charge in [0.15, 0.2) is 0 Å². The Labute approximate surface area is 110 Å². The molecule has 1 unspecified atom stereocenters. The largest absolute Gasteiger partial charge is 0.329 e. The summed E-state index contributed by atoms with van der Waals surface area (Å²) < 4.78 is 2.31. The van der Waals surface area contributed by atoms with Crippen molar-refractivity contribution in [3.63, 3.8) is 0 Å². The minimum atomic E-state index is -0.0320. The van der Waals surface area contributed by atoms with E-state index in [1.807, 2.05) is 19.6 Å². The Hall–Kier alpha value is -0.870. The molecule has 2 rings (SSSR count). The van der Waals surface area contributed by atoms with Crippen LogP contribution in [0.15, 0.2) is 12.5 Å². The Kier molecular flexibility index (Phi) is 4.07. The van der Waals surface area contributed by atoms with Gasteiger partial charge in [0.2, 0.25) is 0 Å². The highest BCUT2D eigenvalue weighted by molar-refractivity contribution is 5.12. The number of imidazole rings is 1. The SMILES string of the molecule is CNC(C)(C)c1cncn1C(C)CN1CCCC1. The fourth-order valence-corrected chi connectivity index (χ4v) is 2.69. The van der Waals surface area contributed by atoms with E-state index in [0.717, 1.165) is 6.54 Å². The number of nitrogens with one attached hydrogen (secondary N) is 1. The molecular weight excluding hydrogens is 224 g/mol. The quantitative estimate of drug-likeness (QED) is 0.867. The molecule has 1 aliphatic heterocycles. The summed E-state index contributed by atoms with van der Waals surface area (Å²) in [4.78, 5) is 6.89. The molecule has 102 valence electrons. The van der Waals surface area contributed by atoms with Crippen molar-refractivity contribution < 1.29 is 0 Å². The molecule has 1 aromatic heterocycles. The van der Waals surface area contributed by atoms with Crippen LogP contribution < -0.4 is 5.32 Å².